The smallest absolute Gasteiger partial charge is 0.257 e. The number of carbonyl (C=O) groups is 1. The highest BCUT2D eigenvalue weighted by Gasteiger charge is 2.24. The highest BCUT2D eigenvalue weighted by molar-refractivity contribution is 5.98. The topological polar surface area (TPSA) is 55.6 Å². The van der Waals surface area contributed by atoms with Gasteiger partial charge in [0.2, 0.25) is 0 Å². The van der Waals surface area contributed by atoms with E-state index in [1.54, 1.807) is 19.2 Å². The van der Waals surface area contributed by atoms with Crippen molar-refractivity contribution in [2.24, 2.45) is 5.92 Å². The second-order valence-corrected chi connectivity index (χ2v) is 5.81. The van der Waals surface area contributed by atoms with Gasteiger partial charge >= 0.3 is 0 Å². The van der Waals surface area contributed by atoms with Crippen molar-refractivity contribution in [1.29, 1.82) is 0 Å². The van der Waals surface area contributed by atoms with Gasteiger partial charge in [-0.3, -0.25) is 4.79 Å². The van der Waals surface area contributed by atoms with E-state index in [1.165, 1.54) is 19.3 Å². The Balaban J connectivity index is 2.11. The number of nitrogens with zero attached hydrogens (tertiary/aromatic N) is 1. The van der Waals surface area contributed by atoms with Crippen LogP contribution in [0, 0.1) is 5.92 Å². The molecule has 2 rings (SSSR count). The minimum Gasteiger partial charge on any atom is -0.494 e. The molecule has 0 aliphatic carbocycles. The molecular formula is C17H26N2O2. The molecule has 1 aromatic rings. The Hall–Kier alpha value is -1.71. The van der Waals surface area contributed by atoms with Gasteiger partial charge < -0.3 is 15.4 Å². The van der Waals surface area contributed by atoms with Crippen LogP contribution in [0.15, 0.2) is 18.2 Å². The molecule has 116 valence electrons. The lowest BCUT2D eigenvalue weighted by Gasteiger charge is -2.22. The van der Waals surface area contributed by atoms with Crippen molar-refractivity contribution in [1.82, 2.24) is 4.90 Å². The Labute approximate surface area is 127 Å². The van der Waals surface area contributed by atoms with Crippen molar-refractivity contribution in [2.45, 2.75) is 39.0 Å². The van der Waals surface area contributed by atoms with Crippen molar-refractivity contribution < 1.29 is 9.53 Å². The van der Waals surface area contributed by atoms with Crippen LogP contribution in [-0.2, 0) is 0 Å². The van der Waals surface area contributed by atoms with Crippen LogP contribution in [0.3, 0.4) is 0 Å². The largest absolute Gasteiger partial charge is 0.494 e. The second-order valence-electron chi connectivity index (χ2n) is 5.81. The molecule has 0 bridgehead atoms. The zero-order chi connectivity index (χ0) is 15.2. The number of para-hydroxylation sites is 1. The summed E-state index contributed by atoms with van der Waals surface area (Å²) in [6.45, 7) is 3.89. The summed E-state index contributed by atoms with van der Waals surface area (Å²) in [6, 6.07) is 5.37. The predicted octanol–water partition coefficient (Wildman–Crippen LogP) is 3.32. The highest BCUT2D eigenvalue weighted by atomic mass is 16.5. The van der Waals surface area contributed by atoms with Crippen LogP contribution < -0.4 is 10.5 Å². The molecule has 1 heterocycles. The fourth-order valence-electron chi connectivity index (χ4n) is 3.19. The van der Waals surface area contributed by atoms with Gasteiger partial charge in [-0.2, -0.15) is 0 Å². The number of nitrogen functional groups attached to an aromatic ring is 1. The first-order chi connectivity index (χ1) is 10.2. The maximum atomic E-state index is 12.7. The maximum Gasteiger partial charge on any atom is 0.257 e. The van der Waals surface area contributed by atoms with Crippen molar-refractivity contribution in [3.8, 4) is 5.75 Å². The van der Waals surface area contributed by atoms with Crippen LogP contribution in [0.4, 0.5) is 5.69 Å². The molecule has 21 heavy (non-hydrogen) atoms. The number of amides is 1. The Morgan fingerprint density at radius 3 is 2.90 bits per heavy atom. The highest BCUT2D eigenvalue weighted by Crippen LogP contribution is 2.29. The summed E-state index contributed by atoms with van der Waals surface area (Å²) in [6.07, 6.45) is 5.90. The van der Waals surface area contributed by atoms with Gasteiger partial charge in [0.25, 0.3) is 5.91 Å². The third-order valence-corrected chi connectivity index (χ3v) is 4.31. The summed E-state index contributed by atoms with van der Waals surface area (Å²) < 4.78 is 5.31. The number of rotatable bonds is 4. The van der Waals surface area contributed by atoms with Gasteiger partial charge in [-0.25, -0.2) is 0 Å². The summed E-state index contributed by atoms with van der Waals surface area (Å²) in [4.78, 5) is 14.7. The molecule has 1 aliphatic heterocycles. The van der Waals surface area contributed by atoms with Crippen LogP contribution in [0.5, 0.6) is 5.75 Å². The predicted molar refractivity (Wildman–Crippen MR) is 85.6 cm³/mol. The fourth-order valence-corrected chi connectivity index (χ4v) is 3.19. The number of likely N-dealkylation sites (tertiary alicyclic amines) is 1. The molecule has 1 fully saturated rings. The van der Waals surface area contributed by atoms with Crippen molar-refractivity contribution in [3.63, 3.8) is 0 Å². The molecule has 1 unspecified atom stereocenters. The van der Waals surface area contributed by atoms with E-state index in [0.29, 0.717) is 17.0 Å². The lowest BCUT2D eigenvalue weighted by atomic mass is 9.96. The minimum absolute atomic E-state index is 0.0382. The monoisotopic (exact) mass is 290 g/mol. The quantitative estimate of drug-likeness (QED) is 0.865. The summed E-state index contributed by atoms with van der Waals surface area (Å²) >= 11 is 0. The Kier molecular flexibility index (Phi) is 5.48. The van der Waals surface area contributed by atoms with Gasteiger partial charge in [0.05, 0.1) is 18.4 Å². The van der Waals surface area contributed by atoms with Gasteiger partial charge in [0.1, 0.15) is 0 Å². The lowest BCUT2D eigenvalue weighted by molar-refractivity contribution is 0.0756. The zero-order valence-corrected chi connectivity index (χ0v) is 13.1. The average Bonchev–Trinajstić information content (AvgIpc) is 2.72. The first-order valence-corrected chi connectivity index (χ1v) is 7.89. The number of nitrogens with two attached hydrogens (primary N) is 1. The Bertz CT molecular complexity index is 488. The first kappa shape index (κ1) is 15.7. The van der Waals surface area contributed by atoms with Crippen molar-refractivity contribution in [2.75, 3.05) is 25.9 Å². The van der Waals surface area contributed by atoms with E-state index < -0.39 is 0 Å². The fraction of sp³-hybridized carbons (Fsp3) is 0.588. The van der Waals surface area contributed by atoms with E-state index in [4.69, 9.17) is 10.5 Å². The number of carbonyl (C=O) groups excluding carboxylic acids is 1. The number of hydrogen-bond acceptors (Lipinski definition) is 3. The normalized spacial score (nSPS) is 19.1. The molecule has 0 spiro atoms. The molecule has 1 saturated heterocycles. The lowest BCUT2D eigenvalue weighted by Crippen LogP contribution is -2.32. The summed E-state index contributed by atoms with van der Waals surface area (Å²) in [5.41, 5.74) is 6.99. The number of ether oxygens (including phenoxy) is 1. The summed E-state index contributed by atoms with van der Waals surface area (Å²) in [5.74, 6) is 1.30. The molecule has 1 atom stereocenters. The van der Waals surface area contributed by atoms with Crippen LogP contribution in [-0.4, -0.2) is 31.0 Å². The van der Waals surface area contributed by atoms with Crippen molar-refractivity contribution in [3.05, 3.63) is 23.8 Å². The van der Waals surface area contributed by atoms with Crippen LogP contribution in [0.25, 0.3) is 0 Å². The summed E-state index contributed by atoms with van der Waals surface area (Å²) in [7, 11) is 1.56. The van der Waals surface area contributed by atoms with Crippen LogP contribution >= 0.6 is 0 Å². The molecule has 2 N–H and O–H groups in total. The van der Waals surface area contributed by atoms with E-state index in [2.05, 4.69) is 6.92 Å². The summed E-state index contributed by atoms with van der Waals surface area (Å²) in [5, 5.41) is 0. The number of hydrogen-bond donors (Lipinski definition) is 1. The van der Waals surface area contributed by atoms with E-state index in [9.17, 15) is 4.79 Å². The number of benzene rings is 1. The molecular weight excluding hydrogens is 264 g/mol. The molecule has 1 amide bonds. The second kappa shape index (κ2) is 7.34. The standard InChI is InChI=1S/C17H26N2O2/c1-3-6-13-7-5-11-19(12-10-13)17(20)14-8-4-9-15(18)16(14)21-2/h4,8-9,13H,3,5-7,10-12,18H2,1-2H3. The van der Waals surface area contributed by atoms with E-state index in [-0.39, 0.29) is 5.91 Å². The third-order valence-electron chi connectivity index (χ3n) is 4.31. The van der Waals surface area contributed by atoms with E-state index in [1.807, 2.05) is 11.0 Å². The van der Waals surface area contributed by atoms with Gasteiger partial charge in [-0.05, 0) is 37.3 Å². The molecule has 0 aromatic heterocycles. The average molecular weight is 290 g/mol. The number of anilines is 1. The minimum atomic E-state index is 0.0382. The molecule has 1 aliphatic rings. The van der Waals surface area contributed by atoms with Crippen LogP contribution in [0.1, 0.15) is 49.4 Å². The van der Waals surface area contributed by atoms with Gasteiger partial charge in [-0.1, -0.05) is 25.8 Å². The molecule has 4 heteroatoms. The first-order valence-electron chi connectivity index (χ1n) is 7.89. The Morgan fingerprint density at radius 2 is 2.19 bits per heavy atom. The molecule has 1 aromatic carbocycles. The Morgan fingerprint density at radius 1 is 1.38 bits per heavy atom. The third kappa shape index (κ3) is 3.69. The van der Waals surface area contributed by atoms with E-state index in [0.717, 1.165) is 31.8 Å². The zero-order valence-electron chi connectivity index (χ0n) is 13.1. The molecule has 0 radical (unpaired) electrons. The van der Waals surface area contributed by atoms with Gasteiger partial charge in [-0.15, -0.1) is 0 Å². The maximum absolute atomic E-state index is 12.7. The van der Waals surface area contributed by atoms with Gasteiger partial charge in [0.15, 0.2) is 5.75 Å². The molecule has 4 nitrogen and oxygen atoms in total. The number of methoxy groups -OCH3 is 1. The van der Waals surface area contributed by atoms with E-state index >= 15 is 0 Å². The molecule has 0 saturated carbocycles. The van der Waals surface area contributed by atoms with Crippen molar-refractivity contribution >= 4 is 11.6 Å². The SMILES string of the molecule is CCCC1CCCN(C(=O)c2cccc(N)c2OC)CC1. The van der Waals surface area contributed by atoms with Gasteiger partial charge in [0, 0.05) is 13.1 Å². The van der Waals surface area contributed by atoms with Crippen LogP contribution in [0.2, 0.25) is 0 Å².